The van der Waals surface area contributed by atoms with Crippen molar-refractivity contribution in [3.05, 3.63) is 95.6 Å². The molecule has 2 N–H and O–H groups in total. The zero-order chi connectivity index (χ0) is 20.2. The van der Waals surface area contributed by atoms with E-state index in [9.17, 15) is 14.7 Å². The lowest BCUT2D eigenvalue weighted by molar-refractivity contribution is -0.137. The van der Waals surface area contributed by atoms with E-state index in [0.717, 1.165) is 27.8 Å². The van der Waals surface area contributed by atoms with Gasteiger partial charge in [-0.1, -0.05) is 78.9 Å². The van der Waals surface area contributed by atoms with Crippen molar-refractivity contribution in [1.29, 1.82) is 0 Å². The van der Waals surface area contributed by atoms with E-state index in [-0.39, 0.29) is 18.9 Å². The van der Waals surface area contributed by atoms with Gasteiger partial charge in [0.25, 0.3) is 0 Å². The average Bonchev–Trinajstić information content (AvgIpc) is 3.06. The van der Waals surface area contributed by atoms with E-state index in [4.69, 9.17) is 4.74 Å². The van der Waals surface area contributed by atoms with Crippen LogP contribution in [0.2, 0.25) is 0 Å². The smallest absolute Gasteiger partial charge is 0.407 e. The van der Waals surface area contributed by atoms with Gasteiger partial charge < -0.3 is 15.2 Å². The first-order valence-electron chi connectivity index (χ1n) is 9.51. The number of hydrogen-bond donors (Lipinski definition) is 2. The molecular weight excluding hydrogens is 366 g/mol. The van der Waals surface area contributed by atoms with Gasteiger partial charge in [-0.15, -0.1) is 0 Å². The van der Waals surface area contributed by atoms with Crippen LogP contribution in [0.3, 0.4) is 0 Å². The highest BCUT2D eigenvalue weighted by Crippen LogP contribution is 2.44. The Balaban J connectivity index is 1.47. The summed E-state index contributed by atoms with van der Waals surface area (Å²) in [4.78, 5) is 23.7. The van der Waals surface area contributed by atoms with Crippen LogP contribution in [-0.4, -0.2) is 23.8 Å². The molecule has 29 heavy (non-hydrogen) atoms. The third kappa shape index (κ3) is 3.99. The highest BCUT2D eigenvalue weighted by atomic mass is 16.5. The minimum absolute atomic E-state index is 0.0391. The normalized spacial score (nSPS) is 13.2. The van der Waals surface area contributed by atoms with Gasteiger partial charge in [0.1, 0.15) is 6.61 Å². The molecule has 5 nitrogen and oxygen atoms in total. The van der Waals surface area contributed by atoms with Gasteiger partial charge in [-0.05, 0) is 27.8 Å². The summed E-state index contributed by atoms with van der Waals surface area (Å²) in [7, 11) is 0. The summed E-state index contributed by atoms with van der Waals surface area (Å²) in [5.41, 5.74) is 5.30. The Hall–Kier alpha value is -3.60. The molecule has 0 unspecified atom stereocenters. The lowest BCUT2D eigenvalue weighted by Gasteiger charge is -2.19. The van der Waals surface area contributed by atoms with Gasteiger partial charge in [0.15, 0.2) is 0 Å². The van der Waals surface area contributed by atoms with Crippen molar-refractivity contribution in [2.45, 2.75) is 18.4 Å². The van der Waals surface area contributed by atoms with Gasteiger partial charge >= 0.3 is 12.1 Å². The molecule has 0 bridgehead atoms. The number of ether oxygens (including phenoxy) is 1. The highest BCUT2D eigenvalue weighted by Gasteiger charge is 2.29. The largest absolute Gasteiger partial charge is 0.481 e. The molecular formula is C24H21NO4. The molecule has 0 radical (unpaired) electrons. The number of hydrogen-bond acceptors (Lipinski definition) is 3. The molecule has 0 saturated carbocycles. The van der Waals surface area contributed by atoms with Crippen LogP contribution >= 0.6 is 0 Å². The lowest BCUT2D eigenvalue weighted by Crippen LogP contribution is -2.31. The average molecular weight is 387 g/mol. The van der Waals surface area contributed by atoms with E-state index in [0.29, 0.717) is 0 Å². The van der Waals surface area contributed by atoms with Crippen molar-refractivity contribution in [2.75, 3.05) is 6.61 Å². The van der Waals surface area contributed by atoms with Gasteiger partial charge in [0, 0.05) is 5.92 Å². The predicted molar refractivity (Wildman–Crippen MR) is 110 cm³/mol. The fourth-order valence-corrected chi connectivity index (χ4v) is 3.89. The Morgan fingerprint density at radius 2 is 1.41 bits per heavy atom. The maximum atomic E-state index is 12.5. The van der Waals surface area contributed by atoms with Crippen molar-refractivity contribution in [3.8, 4) is 11.1 Å². The molecule has 3 aromatic rings. The van der Waals surface area contributed by atoms with Gasteiger partial charge in [0.05, 0.1) is 12.5 Å². The number of carboxylic acid groups (broad SMARTS) is 1. The summed E-state index contributed by atoms with van der Waals surface area (Å²) >= 11 is 0. The topological polar surface area (TPSA) is 75.6 Å². The third-order valence-corrected chi connectivity index (χ3v) is 5.22. The Morgan fingerprint density at radius 3 is 2.00 bits per heavy atom. The van der Waals surface area contributed by atoms with Crippen LogP contribution in [0.25, 0.3) is 11.1 Å². The third-order valence-electron chi connectivity index (χ3n) is 5.22. The number of fused-ring (bicyclic) bond motifs is 3. The van der Waals surface area contributed by atoms with E-state index >= 15 is 0 Å². The van der Waals surface area contributed by atoms with E-state index in [1.54, 1.807) is 12.1 Å². The fourth-order valence-electron chi connectivity index (χ4n) is 3.89. The minimum atomic E-state index is -0.988. The van der Waals surface area contributed by atoms with E-state index in [1.807, 2.05) is 42.5 Å². The SMILES string of the molecule is O=C(O)C[C@H](NC(=O)OCC1c2ccccc2-c2ccccc21)c1ccccc1. The van der Waals surface area contributed by atoms with Crippen molar-refractivity contribution < 1.29 is 19.4 Å². The maximum Gasteiger partial charge on any atom is 0.407 e. The highest BCUT2D eigenvalue weighted by molar-refractivity contribution is 5.79. The minimum Gasteiger partial charge on any atom is -0.481 e. The molecule has 0 aliphatic heterocycles. The molecule has 5 heteroatoms. The lowest BCUT2D eigenvalue weighted by atomic mass is 9.98. The predicted octanol–water partition coefficient (Wildman–Crippen LogP) is 4.74. The van der Waals surface area contributed by atoms with Crippen molar-refractivity contribution in [1.82, 2.24) is 5.32 Å². The Kier molecular flexibility index (Phi) is 5.29. The molecule has 4 rings (SSSR count). The number of rotatable bonds is 6. The number of carbonyl (C=O) groups excluding carboxylic acids is 1. The molecule has 0 heterocycles. The van der Waals surface area contributed by atoms with Gasteiger partial charge in [-0.2, -0.15) is 0 Å². The summed E-state index contributed by atoms with van der Waals surface area (Å²) in [5.74, 6) is -1.03. The second-order valence-corrected chi connectivity index (χ2v) is 7.03. The first-order chi connectivity index (χ1) is 14.1. The van der Waals surface area contributed by atoms with Crippen LogP contribution in [0, 0.1) is 0 Å². The van der Waals surface area contributed by atoms with E-state index in [2.05, 4.69) is 29.6 Å². The summed E-state index contributed by atoms with van der Waals surface area (Å²) in [5, 5.41) is 11.9. The van der Waals surface area contributed by atoms with E-state index in [1.165, 1.54) is 0 Å². The van der Waals surface area contributed by atoms with Gasteiger partial charge in [-0.25, -0.2) is 4.79 Å². The number of amides is 1. The summed E-state index contributed by atoms with van der Waals surface area (Å²) in [6.07, 6.45) is -0.837. The van der Waals surface area contributed by atoms with Crippen LogP contribution < -0.4 is 5.32 Å². The van der Waals surface area contributed by atoms with Crippen LogP contribution in [0.4, 0.5) is 4.79 Å². The number of aliphatic carboxylic acids is 1. The van der Waals surface area contributed by atoms with Crippen LogP contribution in [0.1, 0.15) is 35.1 Å². The fraction of sp³-hybridized carbons (Fsp3) is 0.167. The quantitative estimate of drug-likeness (QED) is 0.640. The van der Waals surface area contributed by atoms with Gasteiger partial charge in [-0.3, -0.25) is 4.79 Å². The number of carboxylic acids is 1. The first kappa shape index (κ1) is 18.7. The Labute approximate surface area is 169 Å². The van der Waals surface area contributed by atoms with Crippen molar-refractivity contribution >= 4 is 12.1 Å². The molecule has 0 spiro atoms. The van der Waals surface area contributed by atoms with Crippen LogP contribution in [0.15, 0.2) is 78.9 Å². The number of alkyl carbamates (subject to hydrolysis) is 1. The monoisotopic (exact) mass is 387 g/mol. The van der Waals surface area contributed by atoms with Crippen molar-refractivity contribution in [3.63, 3.8) is 0 Å². The number of nitrogens with one attached hydrogen (secondary N) is 1. The summed E-state index contributed by atoms with van der Waals surface area (Å²) < 4.78 is 5.53. The standard InChI is InChI=1S/C24H21NO4/c26-23(27)14-22(16-8-2-1-3-9-16)25-24(28)29-15-21-19-12-6-4-10-17(19)18-11-5-7-13-20(18)21/h1-13,21-22H,14-15H2,(H,25,28)(H,26,27)/t22-/m0/s1. The van der Waals surface area contributed by atoms with E-state index < -0.39 is 18.1 Å². The van der Waals surface area contributed by atoms with Crippen LogP contribution in [0.5, 0.6) is 0 Å². The second-order valence-electron chi connectivity index (χ2n) is 7.03. The molecule has 0 saturated heterocycles. The Bertz CT molecular complexity index is 986. The number of carbonyl (C=O) groups is 2. The second kappa shape index (κ2) is 8.19. The molecule has 146 valence electrons. The molecule has 1 atom stereocenters. The van der Waals surface area contributed by atoms with Crippen LogP contribution in [-0.2, 0) is 9.53 Å². The molecule has 1 aliphatic carbocycles. The maximum absolute atomic E-state index is 12.5. The van der Waals surface area contributed by atoms with Crippen molar-refractivity contribution in [2.24, 2.45) is 0 Å². The molecule has 1 amide bonds. The zero-order valence-corrected chi connectivity index (χ0v) is 15.7. The Morgan fingerprint density at radius 1 is 0.862 bits per heavy atom. The summed E-state index contributed by atoms with van der Waals surface area (Å²) in [6.45, 7) is 0.189. The number of benzene rings is 3. The molecule has 3 aromatic carbocycles. The molecule has 0 aromatic heterocycles. The van der Waals surface area contributed by atoms with Gasteiger partial charge in [0.2, 0.25) is 0 Å². The molecule has 0 fully saturated rings. The summed E-state index contributed by atoms with van der Waals surface area (Å²) in [6, 6.07) is 24.6. The molecule has 1 aliphatic rings. The zero-order valence-electron chi connectivity index (χ0n) is 15.7. The first-order valence-corrected chi connectivity index (χ1v) is 9.51.